The van der Waals surface area contributed by atoms with E-state index in [1.165, 1.54) is 0 Å². The Morgan fingerprint density at radius 3 is 1.19 bits per heavy atom. The zero-order valence-corrected chi connectivity index (χ0v) is 46.6. The molecule has 30 atom stereocenters. The summed E-state index contributed by atoms with van der Waals surface area (Å²) in [5.74, 6) is -1.22. The lowest BCUT2D eigenvalue weighted by Gasteiger charge is -2.54. The van der Waals surface area contributed by atoms with E-state index in [1.54, 1.807) is 0 Å². The van der Waals surface area contributed by atoms with Gasteiger partial charge in [0.25, 0.3) is 0 Å². The number of hydrogen-bond donors (Lipinski definition) is 3. The van der Waals surface area contributed by atoms with Gasteiger partial charge in [0.1, 0.15) is 115 Å². The highest BCUT2D eigenvalue weighted by Crippen LogP contribution is 2.86. The highest BCUT2D eigenvalue weighted by Gasteiger charge is 3.04. The monoisotopic (exact) mass is 1130 g/mol. The van der Waals surface area contributed by atoms with Crippen LogP contribution in [0.5, 0.6) is 0 Å². The molecule has 0 aromatic carbocycles. The van der Waals surface area contributed by atoms with E-state index < -0.39 is 121 Å². The van der Waals surface area contributed by atoms with E-state index >= 15 is 13.2 Å². The van der Waals surface area contributed by atoms with E-state index in [2.05, 4.69) is 34.6 Å². The van der Waals surface area contributed by atoms with Crippen molar-refractivity contribution in [1.82, 2.24) is 0 Å². The molecule has 0 aromatic rings. The Bertz CT molecular complexity index is 2890. The van der Waals surface area contributed by atoms with Gasteiger partial charge < -0.3 is 72.2 Å². The second-order valence-corrected chi connectivity index (χ2v) is 30.1. The van der Waals surface area contributed by atoms with E-state index in [0.29, 0.717) is 31.3 Å². The molecule has 12 aliphatic heterocycles. The predicted octanol–water partition coefficient (Wildman–Crippen LogP) is 3.15. The van der Waals surface area contributed by atoms with Gasteiger partial charge in [0, 0.05) is 16.2 Å². The van der Waals surface area contributed by atoms with Crippen molar-refractivity contribution in [3.05, 3.63) is 33.4 Å². The van der Waals surface area contributed by atoms with Crippen molar-refractivity contribution in [2.45, 2.75) is 243 Å². The van der Waals surface area contributed by atoms with Gasteiger partial charge in [-0.1, -0.05) is 62.3 Å². The van der Waals surface area contributed by atoms with Gasteiger partial charge in [-0.25, -0.2) is 27.6 Å². The molecule has 9 aliphatic carbocycles. The number of fused-ring (bicyclic) bond motifs is 12. The standard InChI is InChI=1S/C20H22F2O5.C20H23FO6.C20H24O7/c1-7(2)18-13(26-18)14-20(27-14)17(3)5-10(21)12-8(6-24-15(12)23)9(17)4-11-19(20,25-11)16(18)22;2*1-7(2)18-13(26-18)14-20(27-14)17(3)5-10(21)12-8(6-24-15(12)22)9(17)4-11-19(20,25-11)16(18)23/h7,9-11,13-14,16H,4-6H2,1-3H3;7,9-11,13-14,16,23H,4-6H2,1-3H3;7,9-11,13-14,16,21,23H,4-6H2,1-3H3/t9-,10+,11-,13-,14-,16-,17-,18-,19+,20+;9-,10+,11-,13-,14-,16+,17-,18-,19+,20+;9-,10-,11-,13-,14-,16+,17-,18-,19+,20+/m000/s1. The molecule has 12 heterocycles. The third-order valence-electron chi connectivity index (χ3n) is 27.1. The average molecular weight is 1140 g/mol. The maximum Gasteiger partial charge on any atom is 0.337 e. The molecule has 6 spiro atoms. The van der Waals surface area contributed by atoms with E-state index in [1.807, 2.05) is 27.7 Å². The molecule has 21 aliphatic rings. The summed E-state index contributed by atoms with van der Waals surface area (Å²) in [6.07, 6.45) is -5.50. The van der Waals surface area contributed by atoms with Gasteiger partial charge in [0.15, 0.2) is 23.0 Å². The van der Waals surface area contributed by atoms with Crippen LogP contribution >= 0.6 is 0 Å². The zero-order chi connectivity index (χ0) is 56.2. The molecule has 21 heteroatoms. The number of halogens is 3. The number of alkyl halides is 3. The van der Waals surface area contributed by atoms with Gasteiger partial charge in [-0.2, -0.15) is 0 Å². The lowest BCUT2D eigenvalue weighted by atomic mass is 9.46. The maximum absolute atomic E-state index is 16.0. The fourth-order valence-electron chi connectivity index (χ4n) is 23.2. The minimum absolute atomic E-state index is 0.0138. The second kappa shape index (κ2) is 13.7. The van der Waals surface area contributed by atoms with E-state index in [-0.39, 0.29) is 134 Å². The van der Waals surface area contributed by atoms with Gasteiger partial charge in [0.2, 0.25) is 0 Å². The third kappa shape index (κ3) is 4.62. The van der Waals surface area contributed by atoms with Crippen LogP contribution in [0.3, 0.4) is 0 Å². The summed E-state index contributed by atoms with van der Waals surface area (Å²) in [6.45, 7) is 18.9. The quantitative estimate of drug-likeness (QED) is 0.209. The number of epoxide rings is 9. The largest absolute Gasteiger partial charge is 0.458 e. The first kappa shape index (κ1) is 50.1. The first-order chi connectivity index (χ1) is 38.3. The number of ether oxygens (including phenoxy) is 12. The van der Waals surface area contributed by atoms with Crippen molar-refractivity contribution in [2.75, 3.05) is 19.8 Å². The second-order valence-electron chi connectivity index (χ2n) is 30.1. The Morgan fingerprint density at radius 1 is 0.432 bits per heavy atom. The van der Waals surface area contributed by atoms with E-state index in [9.17, 15) is 29.7 Å². The van der Waals surface area contributed by atoms with Gasteiger partial charge in [0.05, 0.1) is 41.1 Å². The predicted molar refractivity (Wildman–Crippen MR) is 262 cm³/mol. The minimum Gasteiger partial charge on any atom is -0.458 e. The SMILES string of the molecule is CC(C)[C@]12O[C@H]1[C@@H]1O[C@]13[C@]1(O[C@H]1C[C@H]1C4=C(C(=O)OC4)[C@@H](O)C[C@@]13C)[C@@H]2O.CC(C)[C@]12O[C@H]1[C@@H]1O[C@]13[C@]1(O[C@H]1C[C@H]1C4=C(C(=O)OC4)[C@H](F)C[C@@]13C)[C@@H]2O.CC(C)[C@]12O[C@H]1[C@@H]1O[C@]13[C@]1(O[C@H]1C[C@H]1C4=C(C(=O)OC4)[C@H](F)C[C@@]13C)[C@H]2F. The van der Waals surface area contributed by atoms with Crippen LogP contribution in [-0.4, -0.2) is 195 Å². The summed E-state index contributed by atoms with van der Waals surface area (Å²) >= 11 is 0. The molecule has 0 bridgehead atoms. The molecular weight excluding hydrogens is 1070 g/mol. The van der Waals surface area contributed by atoms with Crippen molar-refractivity contribution in [3.8, 4) is 0 Å². The third-order valence-corrected chi connectivity index (χ3v) is 27.1. The van der Waals surface area contributed by atoms with Crippen molar-refractivity contribution < 1.29 is 99.7 Å². The smallest absolute Gasteiger partial charge is 0.337 e. The van der Waals surface area contributed by atoms with Crippen molar-refractivity contribution in [2.24, 2.45) is 51.8 Å². The molecule has 9 saturated heterocycles. The Morgan fingerprint density at radius 2 is 0.765 bits per heavy atom. The van der Waals surface area contributed by atoms with Gasteiger partial charge >= 0.3 is 17.9 Å². The molecule has 6 saturated carbocycles. The van der Waals surface area contributed by atoms with Crippen LogP contribution in [0.2, 0.25) is 0 Å². The number of hydrogen-bond acceptors (Lipinski definition) is 18. The van der Waals surface area contributed by atoms with E-state index in [4.69, 9.17) is 56.8 Å². The fourth-order valence-corrected chi connectivity index (χ4v) is 23.2. The fraction of sp³-hybridized carbons (Fsp3) is 0.850. The van der Waals surface area contributed by atoms with Crippen LogP contribution < -0.4 is 0 Å². The molecular formula is C60H69F3O18. The van der Waals surface area contributed by atoms with Crippen LogP contribution in [0.25, 0.3) is 0 Å². The Kier molecular flexibility index (Phi) is 8.48. The summed E-state index contributed by atoms with van der Waals surface area (Å²) in [5, 5.41) is 33.7. The lowest BCUT2D eigenvalue weighted by Crippen LogP contribution is -2.69. The van der Waals surface area contributed by atoms with Gasteiger partial charge in [-0.3, -0.25) is 0 Å². The normalized spacial score (nSPS) is 64.0. The molecule has 21 rings (SSSR count). The number of rotatable bonds is 3. The molecule has 0 radical (unpaired) electrons. The molecule has 15 fully saturated rings. The summed E-state index contributed by atoms with van der Waals surface area (Å²) in [5.41, 5.74) is -5.35. The average Bonchev–Trinajstić information content (AvgIpc) is 1.47. The Hall–Kier alpha value is -3.06. The minimum atomic E-state index is -1.40. The number of esters is 3. The highest BCUT2D eigenvalue weighted by atomic mass is 19.1. The van der Waals surface area contributed by atoms with Crippen molar-refractivity contribution in [3.63, 3.8) is 0 Å². The van der Waals surface area contributed by atoms with Crippen molar-refractivity contribution >= 4 is 17.9 Å². The number of aliphatic hydroxyl groups excluding tert-OH is 3. The van der Waals surface area contributed by atoms with Crippen molar-refractivity contribution in [1.29, 1.82) is 0 Å². The first-order valence-electron chi connectivity index (χ1n) is 30.0. The van der Waals surface area contributed by atoms with Crippen LogP contribution in [0.4, 0.5) is 13.2 Å². The summed E-state index contributed by atoms with van der Waals surface area (Å²) in [7, 11) is 0. The molecule has 3 N–H and O–H groups in total. The Balaban J connectivity index is 0.0000000907. The molecule has 0 amide bonds. The van der Waals surface area contributed by atoms with Gasteiger partial charge in [-0.15, -0.1) is 0 Å². The number of aliphatic hydroxyl groups is 3. The maximum atomic E-state index is 16.0. The van der Waals surface area contributed by atoms with Crippen LogP contribution in [0.1, 0.15) is 101 Å². The number of carbonyl (C=O) groups excluding carboxylic acids is 3. The number of carbonyl (C=O) groups is 3. The summed E-state index contributed by atoms with van der Waals surface area (Å²) in [6, 6.07) is 0. The van der Waals surface area contributed by atoms with Gasteiger partial charge in [-0.05, 0) is 90.8 Å². The molecule has 81 heavy (non-hydrogen) atoms. The molecule has 0 aromatic heterocycles. The van der Waals surface area contributed by atoms with Crippen LogP contribution in [-0.2, 0) is 71.2 Å². The number of cyclic esters (lactones) is 3. The molecule has 18 nitrogen and oxygen atoms in total. The first-order valence-corrected chi connectivity index (χ1v) is 30.0. The lowest BCUT2D eigenvalue weighted by molar-refractivity contribution is -0.138. The molecule has 438 valence electrons. The van der Waals surface area contributed by atoms with Crippen LogP contribution in [0, 0.1) is 51.8 Å². The zero-order valence-electron chi connectivity index (χ0n) is 46.6. The topological polar surface area (TPSA) is 252 Å². The summed E-state index contributed by atoms with van der Waals surface area (Å²) < 4.78 is 118. The van der Waals surface area contributed by atoms with E-state index in [0.717, 1.165) is 16.7 Å². The highest BCUT2D eigenvalue weighted by molar-refractivity contribution is 5.95. The summed E-state index contributed by atoms with van der Waals surface area (Å²) in [4.78, 5) is 36.2. The molecule has 0 unspecified atom stereocenters. The van der Waals surface area contributed by atoms with Crippen LogP contribution in [0.15, 0.2) is 33.4 Å². The Labute approximate surface area is 464 Å².